The van der Waals surface area contributed by atoms with Crippen molar-refractivity contribution in [1.29, 1.82) is 0 Å². The van der Waals surface area contributed by atoms with Gasteiger partial charge in [0, 0.05) is 5.39 Å². The highest BCUT2D eigenvalue weighted by molar-refractivity contribution is 5.88. The van der Waals surface area contributed by atoms with Gasteiger partial charge in [-0.15, -0.1) is 0 Å². The number of fused-ring (bicyclic) bond motifs is 1. The molecule has 0 bridgehead atoms. The van der Waals surface area contributed by atoms with Crippen molar-refractivity contribution in [3.05, 3.63) is 90.3 Å². The highest BCUT2D eigenvalue weighted by Gasteiger charge is 2.08. The zero-order valence-electron chi connectivity index (χ0n) is 15.9. The van der Waals surface area contributed by atoms with Crippen molar-refractivity contribution in [2.45, 2.75) is 26.7 Å². The molecular formula is C25H25FO. The number of halogens is 1. The molecule has 0 aliphatic heterocycles. The first-order valence-corrected chi connectivity index (χ1v) is 9.39. The van der Waals surface area contributed by atoms with Crippen molar-refractivity contribution >= 4 is 10.8 Å². The van der Waals surface area contributed by atoms with Crippen LogP contribution in [0.25, 0.3) is 21.9 Å². The molecule has 3 rings (SSSR count). The zero-order chi connectivity index (χ0) is 19.1. The number of benzene rings is 3. The van der Waals surface area contributed by atoms with Crippen molar-refractivity contribution in [3.63, 3.8) is 0 Å². The fourth-order valence-corrected chi connectivity index (χ4v) is 3.10. The van der Waals surface area contributed by atoms with Gasteiger partial charge in [0.2, 0.25) is 0 Å². The summed E-state index contributed by atoms with van der Waals surface area (Å²) < 4.78 is 20.4. The highest BCUT2D eigenvalue weighted by atomic mass is 19.1. The number of ether oxygens (including phenoxy) is 1. The van der Waals surface area contributed by atoms with E-state index in [1.807, 2.05) is 86.7 Å². The summed E-state index contributed by atoms with van der Waals surface area (Å²) in [6, 6.07) is 17.8. The van der Waals surface area contributed by atoms with E-state index in [0.717, 1.165) is 40.7 Å². The molecule has 3 aromatic carbocycles. The van der Waals surface area contributed by atoms with Crippen molar-refractivity contribution in [2.75, 3.05) is 6.61 Å². The second-order valence-corrected chi connectivity index (χ2v) is 6.49. The number of aryl methyl sites for hydroxylation is 1. The van der Waals surface area contributed by atoms with E-state index in [2.05, 4.69) is 6.08 Å². The molecule has 138 valence electrons. The second-order valence-electron chi connectivity index (χ2n) is 6.49. The first kappa shape index (κ1) is 18.9. The molecule has 0 amide bonds. The molecule has 0 unspecified atom stereocenters. The van der Waals surface area contributed by atoms with Crippen LogP contribution in [0.3, 0.4) is 0 Å². The molecule has 0 heterocycles. The average molecular weight is 360 g/mol. The van der Waals surface area contributed by atoms with Gasteiger partial charge in [0.1, 0.15) is 18.2 Å². The first-order valence-electron chi connectivity index (χ1n) is 9.39. The number of allylic oxidation sites excluding steroid dienone is 3. The standard InChI is InChI=1S/C25H25FO/c1-3-5-7-8-20-9-10-22-18-21(13-16-24(22)25(20)26)19-11-14-23(15-12-19)27-17-6-4-2/h3-6,9-16,18H,7-8,17H2,1-2H3/b5-3+,6-4?. The maximum absolute atomic E-state index is 14.8. The van der Waals surface area contributed by atoms with Crippen LogP contribution in [0.1, 0.15) is 25.8 Å². The Hall–Kier alpha value is -2.87. The monoisotopic (exact) mass is 360 g/mol. The van der Waals surface area contributed by atoms with Crippen LogP contribution in [0, 0.1) is 5.82 Å². The van der Waals surface area contributed by atoms with Crippen molar-refractivity contribution in [2.24, 2.45) is 0 Å². The lowest BCUT2D eigenvalue weighted by Gasteiger charge is -2.09. The molecule has 0 spiro atoms. The predicted octanol–water partition coefficient (Wildman–Crippen LogP) is 7.11. The van der Waals surface area contributed by atoms with Crippen LogP contribution in [0.5, 0.6) is 5.75 Å². The third-order valence-electron chi connectivity index (χ3n) is 4.62. The first-order chi connectivity index (χ1) is 13.2. The van der Waals surface area contributed by atoms with Crippen LogP contribution in [-0.4, -0.2) is 6.61 Å². The second kappa shape index (κ2) is 9.18. The lowest BCUT2D eigenvalue weighted by Crippen LogP contribution is -1.93. The van der Waals surface area contributed by atoms with E-state index in [9.17, 15) is 4.39 Å². The summed E-state index contributed by atoms with van der Waals surface area (Å²) in [5.41, 5.74) is 2.94. The number of hydrogen-bond acceptors (Lipinski definition) is 1. The van der Waals surface area contributed by atoms with Gasteiger partial charge in [0.15, 0.2) is 0 Å². The van der Waals surface area contributed by atoms with Gasteiger partial charge < -0.3 is 4.74 Å². The van der Waals surface area contributed by atoms with Gasteiger partial charge in [-0.2, -0.15) is 0 Å². The van der Waals surface area contributed by atoms with Crippen LogP contribution in [0.4, 0.5) is 4.39 Å². The Morgan fingerprint density at radius 2 is 1.59 bits per heavy atom. The summed E-state index contributed by atoms with van der Waals surface area (Å²) in [5.74, 6) is 0.741. The fraction of sp³-hybridized carbons (Fsp3) is 0.200. The van der Waals surface area contributed by atoms with E-state index in [4.69, 9.17) is 4.74 Å². The quantitative estimate of drug-likeness (QED) is 0.408. The average Bonchev–Trinajstić information content (AvgIpc) is 2.70. The van der Waals surface area contributed by atoms with Gasteiger partial charge in [-0.3, -0.25) is 0 Å². The molecule has 0 atom stereocenters. The van der Waals surface area contributed by atoms with Gasteiger partial charge >= 0.3 is 0 Å². The predicted molar refractivity (Wildman–Crippen MR) is 113 cm³/mol. The number of rotatable bonds is 7. The van der Waals surface area contributed by atoms with Gasteiger partial charge in [-0.1, -0.05) is 60.7 Å². The van der Waals surface area contributed by atoms with Crippen LogP contribution < -0.4 is 4.74 Å². The van der Waals surface area contributed by atoms with Crippen molar-refractivity contribution in [3.8, 4) is 16.9 Å². The molecule has 0 aromatic heterocycles. The minimum Gasteiger partial charge on any atom is -0.490 e. The largest absolute Gasteiger partial charge is 0.490 e. The molecule has 3 aromatic rings. The summed E-state index contributed by atoms with van der Waals surface area (Å²) >= 11 is 0. The molecular weight excluding hydrogens is 335 g/mol. The van der Waals surface area contributed by atoms with E-state index in [0.29, 0.717) is 12.0 Å². The van der Waals surface area contributed by atoms with Gasteiger partial charge in [-0.25, -0.2) is 4.39 Å². The molecule has 2 heteroatoms. The minimum atomic E-state index is -0.101. The van der Waals surface area contributed by atoms with E-state index in [1.165, 1.54) is 0 Å². The topological polar surface area (TPSA) is 9.23 Å². The van der Waals surface area contributed by atoms with E-state index in [-0.39, 0.29) is 5.82 Å². The summed E-state index contributed by atoms with van der Waals surface area (Å²) in [6.07, 6.45) is 9.59. The smallest absolute Gasteiger partial charge is 0.134 e. The summed E-state index contributed by atoms with van der Waals surface area (Å²) in [7, 11) is 0. The minimum absolute atomic E-state index is 0.101. The zero-order valence-corrected chi connectivity index (χ0v) is 15.9. The van der Waals surface area contributed by atoms with Crippen LogP contribution in [0.15, 0.2) is 78.9 Å². The molecule has 0 aliphatic rings. The number of hydrogen-bond donors (Lipinski definition) is 0. The van der Waals surface area contributed by atoms with Crippen LogP contribution >= 0.6 is 0 Å². The maximum Gasteiger partial charge on any atom is 0.134 e. The Morgan fingerprint density at radius 1 is 0.852 bits per heavy atom. The van der Waals surface area contributed by atoms with Gasteiger partial charge in [0.05, 0.1) is 0 Å². The molecule has 1 nitrogen and oxygen atoms in total. The summed E-state index contributed by atoms with van der Waals surface area (Å²) in [4.78, 5) is 0. The Labute approximate surface area is 160 Å². The van der Waals surface area contributed by atoms with E-state index >= 15 is 0 Å². The maximum atomic E-state index is 14.8. The van der Waals surface area contributed by atoms with Gasteiger partial charge in [0.25, 0.3) is 0 Å². The Kier molecular flexibility index (Phi) is 6.43. The fourth-order valence-electron chi connectivity index (χ4n) is 3.10. The SMILES string of the molecule is CC=CCOc1ccc(-c2ccc3c(F)c(CC/C=C/C)ccc3c2)cc1. The molecule has 0 radical (unpaired) electrons. The highest BCUT2D eigenvalue weighted by Crippen LogP contribution is 2.29. The molecule has 0 saturated heterocycles. The van der Waals surface area contributed by atoms with Crippen LogP contribution in [0.2, 0.25) is 0 Å². The summed E-state index contributed by atoms with van der Waals surface area (Å²) in [6.45, 7) is 4.53. The summed E-state index contributed by atoms with van der Waals surface area (Å²) in [5, 5.41) is 1.61. The van der Waals surface area contributed by atoms with Crippen molar-refractivity contribution in [1.82, 2.24) is 0 Å². The Morgan fingerprint density at radius 3 is 2.33 bits per heavy atom. The third kappa shape index (κ3) is 4.65. The Bertz CT molecular complexity index is 952. The molecule has 27 heavy (non-hydrogen) atoms. The van der Waals surface area contributed by atoms with E-state index in [1.54, 1.807) is 0 Å². The molecule has 0 N–H and O–H groups in total. The lowest BCUT2D eigenvalue weighted by atomic mass is 9.98. The molecule has 0 aliphatic carbocycles. The third-order valence-corrected chi connectivity index (χ3v) is 4.62. The molecule has 0 saturated carbocycles. The normalized spacial score (nSPS) is 11.7. The Balaban J connectivity index is 1.83. The van der Waals surface area contributed by atoms with E-state index < -0.39 is 0 Å². The van der Waals surface area contributed by atoms with Gasteiger partial charge in [-0.05, 0) is 67.0 Å². The lowest BCUT2D eigenvalue weighted by molar-refractivity contribution is 0.363. The molecule has 0 fully saturated rings. The van der Waals surface area contributed by atoms with Crippen molar-refractivity contribution < 1.29 is 9.13 Å². The van der Waals surface area contributed by atoms with Crippen LogP contribution in [-0.2, 0) is 6.42 Å².